The van der Waals surface area contributed by atoms with E-state index in [1.165, 1.54) is 5.56 Å². The van der Waals surface area contributed by atoms with Crippen LogP contribution in [0.25, 0.3) is 0 Å². The van der Waals surface area contributed by atoms with E-state index in [-0.39, 0.29) is 0 Å². The van der Waals surface area contributed by atoms with E-state index in [1.54, 1.807) is 0 Å². The number of benzene rings is 2. The summed E-state index contributed by atoms with van der Waals surface area (Å²) in [6.45, 7) is 2.13. The fourth-order valence-corrected chi connectivity index (χ4v) is 2.20. The van der Waals surface area contributed by atoms with E-state index >= 15 is 0 Å². The molecule has 2 rings (SSSR count). The predicted molar refractivity (Wildman–Crippen MR) is 77.1 cm³/mol. The third-order valence-electron chi connectivity index (χ3n) is 2.54. The minimum Gasteiger partial charge on any atom is -0.253 e. The summed E-state index contributed by atoms with van der Waals surface area (Å²) >= 11 is 3.57. The van der Waals surface area contributed by atoms with E-state index in [9.17, 15) is 0 Å². The summed E-state index contributed by atoms with van der Waals surface area (Å²) in [6.07, 6.45) is 0.914. The van der Waals surface area contributed by atoms with Gasteiger partial charge in [-0.3, -0.25) is 4.99 Å². The van der Waals surface area contributed by atoms with Gasteiger partial charge in [0.2, 0.25) is 0 Å². The summed E-state index contributed by atoms with van der Waals surface area (Å²) in [5.41, 5.74) is 3.27. The van der Waals surface area contributed by atoms with Crippen molar-refractivity contribution in [3.05, 3.63) is 64.6 Å². The van der Waals surface area contributed by atoms with E-state index in [2.05, 4.69) is 28.9 Å². The molecule has 0 aliphatic carbocycles. The first-order valence-corrected chi connectivity index (χ1v) is 6.48. The van der Waals surface area contributed by atoms with Gasteiger partial charge >= 0.3 is 0 Å². The van der Waals surface area contributed by atoms with Crippen molar-refractivity contribution in [2.75, 3.05) is 0 Å². The van der Waals surface area contributed by atoms with E-state index in [0.717, 1.165) is 22.3 Å². The molecule has 2 heteroatoms. The average molecular weight is 288 g/mol. The highest BCUT2D eigenvalue weighted by Crippen LogP contribution is 2.21. The summed E-state index contributed by atoms with van der Waals surface area (Å²) in [7, 11) is 0. The van der Waals surface area contributed by atoms with Crippen molar-refractivity contribution in [1.29, 1.82) is 0 Å². The van der Waals surface area contributed by atoms with Crippen LogP contribution in [0.2, 0.25) is 0 Å². The summed E-state index contributed by atoms with van der Waals surface area (Å²) in [4.78, 5) is 4.69. The van der Waals surface area contributed by atoms with Crippen LogP contribution in [0.5, 0.6) is 0 Å². The average Bonchev–Trinajstić information content (AvgIpc) is 2.38. The zero-order valence-corrected chi connectivity index (χ0v) is 11.3. The van der Waals surface area contributed by atoms with E-state index in [0.29, 0.717) is 0 Å². The van der Waals surface area contributed by atoms with Crippen LogP contribution in [0.15, 0.2) is 64.1 Å². The second-order valence-corrected chi connectivity index (χ2v) is 4.58. The van der Waals surface area contributed by atoms with Gasteiger partial charge in [-0.15, -0.1) is 0 Å². The molecule has 2 aromatic rings. The topological polar surface area (TPSA) is 12.4 Å². The van der Waals surface area contributed by atoms with Crippen LogP contribution in [-0.2, 0) is 0 Å². The van der Waals surface area contributed by atoms with Gasteiger partial charge in [0.05, 0.1) is 5.69 Å². The second-order valence-electron chi connectivity index (χ2n) is 3.73. The molecule has 2 aromatic carbocycles. The summed E-state index contributed by atoms with van der Waals surface area (Å²) in [6, 6.07) is 18.3. The van der Waals surface area contributed by atoms with Gasteiger partial charge in [-0.2, -0.15) is 0 Å². The molecule has 0 amide bonds. The second kappa shape index (κ2) is 5.78. The van der Waals surface area contributed by atoms with Crippen molar-refractivity contribution >= 4 is 27.3 Å². The van der Waals surface area contributed by atoms with E-state index in [4.69, 9.17) is 4.99 Å². The van der Waals surface area contributed by atoms with Crippen molar-refractivity contribution in [2.24, 2.45) is 4.99 Å². The number of hydrogen-bond acceptors (Lipinski definition) is 1. The van der Waals surface area contributed by atoms with Crippen LogP contribution in [0, 0.1) is 0 Å². The molecule has 0 aromatic heterocycles. The minimum atomic E-state index is 0.914. The predicted octanol–water partition coefficient (Wildman–Crippen LogP) is 4.98. The van der Waals surface area contributed by atoms with Crippen LogP contribution in [0.1, 0.15) is 18.9 Å². The van der Waals surface area contributed by atoms with Gasteiger partial charge < -0.3 is 0 Å². The lowest BCUT2D eigenvalue weighted by Crippen LogP contribution is -1.99. The maximum atomic E-state index is 4.69. The van der Waals surface area contributed by atoms with Crippen molar-refractivity contribution in [1.82, 2.24) is 0 Å². The van der Waals surface area contributed by atoms with Crippen molar-refractivity contribution in [3.8, 4) is 0 Å². The molecule has 0 aliphatic rings. The smallest absolute Gasteiger partial charge is 0.0633 e. The molecular formula is C15H14BrN. The molecule has 0 radical (unpaired) electrons. The van der Waals surface area contributed by atoms with Crippen molar-refractivity contribution < 1.29 is 0 Å². The lowest BCUT2D eigenvalue weighted by atomic mass is 10.1. The zero-order chi connectivity index (χ0) is 12.1. The van der Waals surface area contributed by atoms with Gasteiger partial charge in [0, 0.05) is 15.7 Å². The third-order valence-corrected chi connectivity index (χ3v) is 3.23. The summed E-state index contributed by atoms with van der Waals surface area (Å²) in [5, 5.41) is 0. The Hall–Kier alpha value is -1.41. The van der Waals surface area contributed by atoms with Crippen molar-refractivity contribution in [2.45, 2.75) is 13.3 Å². The van der Waals surface area contributed by atoms with Gasteiger partial charge in [-0.1, -0.05) is 59.3 Å². The molecule has 0 aliphatic heterocycles. The molecule has 17 heavy (non-hydrogen) atoms. The molecular weight excluding hydrogens is 274 g/mol. The lowest BCUT2D eigenvalue weighted by Gasteiger charge is -2.06. The SMILES string of the molecule is CCC(=Nc1ccccc1)c1ccccc1Br. The number of para-hydroxylation sites is 1. The molecule has 0 saturated heterocycles. The van der Waals surface area contributed by atoms with Gasteiger partial charge in [-0.05, 0) is 24.6 Å². The van der Waals surface area contributed by atoms with E-state index < -0.39 is 0 Å². The molecule has 1 nitrogen and oxygen atoms in total. The molecule has 0 spiro atoms. The number of rotatable bonds is 3. The van der Waals surface area contributed by atoms with Crippen LogP contribution >= 0.6 is 15.9 Å². The summed E-state index contributed by atoms with van der Waals surface area (Å²) < 4.78 is 1.09. The fourth-order valence-electron chi connectivity index (χ4n) is 1.68. The molecule has 0 atom stereocenters. The molecule has 0 saturated carbocycles. The summed E-state index contributed by atoms with van der Waals surface area (Å²) in [5.74, 6) is 0. The maximum absolute atomic E-state index is 4.69. The molecule has 0 unspecified atom stereocenters. The highest BCUT2D eigenvalue weighted by molar-refractivity contribution is 9.10. The van der Waals surface area contributed by atoms with Crippen LogP contribution < -0.4 is 0 Å². The quantitative estimate of drug-likeness (QED) is 0.706. The molecule has 0 heterocycles. The third kappa shape index (κ3) is 3.04. The first kappa shape index (κ1) is 12.1. The first-order valence-electron chi connectivity index (χ1n) is 5.68. The Morgan fingerprint density at radius 3 is 2.29 bits per heavy atom. The number of hydrogen-bond donors (Lipinski definition) is 0. The zero-order valence-electron chi connectivity index (χ0n) is 9.73. The normalized spacial score (nSPS) is 11.5. The number of halogens is 1. The Balaban J connectivity index is 2.41. The standard InChI is InChI=1S/C15H14BrN/c1-2-15(13-10-6-7-11-14(13)16)17-12-8-4-3-5-9-12/h3-11H,2H2,1H3. The van der Waals surface area contributed by atoms with Crippen LogP contribution in [-0.4, -0.2) is 5.71 Å². The Morgan fingerprint density at radius 2 is 1.65 bits per heavy atom. The Kier molecular flexibility index (Phi) is 4.10. The molecule has 0 N–H and O–H groups in total. The van der Waals surface area contributed by atoms with Crippen molar-refractivity contribution in [3.63, 3.8) is 0 Å². The lowest BCUT2D eigenvalue weighted by molar-refractivity contribution is 1.26. The number of nitrogens with zero attached hydrogens (tertiary/aromatic N) is 1. The molecule has 86 valence electrons. The van der Waals surface area contributed by atoms with Gasteiger partial charge in [0.15, 0.2) is 0 Å². The highest BCUT2D eigenvalue weighted by atomic mass is 79.9. The Morgan fingerprint density at radius 1 is 1.00 bits per heavy atom. The van der Waals surface area contributed by atoms with Crippen LogP contribution in [0.4, 0.5) is 5.69 Å². The van der Waals surface area contributed by atoms with Gasteiger partial charge in [0.25, 0.3) is 0 Å². The van der Waals surface area contributed by atoms with E-state index in [1.807, 2.05) is 48.5 Å². The Bertz CT molecular complexity index is 517. The largest absolute Gasteiger partial charge is 0.253 e. The van der Waals surface area contributed by atoms with Gasteiger partial charge in [-0.25, -0.2) is 0 Å². The maximum Gasteiger partial charge on any atom is 0.0633 e. The highest BCUT2D eigenvalue weighted by Gasteiger charge is 2.05. The first-order chi connectivity index (χ1) is 8.31. The monoisotopic (exact) mass is 287 g/mol. The molecule has 0 fully saturated rings. The minimum absolute atomic E-state index is 0.914. The fraction of sp³-hybridized carbons (Fsp3) is 0.133. The van der Waals surface area contributed by atoms with Crippen LogP contribution in [0.3, 0.4) is 0 Å². The van der Waals surface area contributed by atoms with Gasteiger partial charge in [0.1, 0.15) is 0 Å². The molecule has 0 bridgehead atoms. The Labute approximate surface area is 110 Å². The number of aliphatic imine (C=N–C) groups is 1.